The minimum absolute atomic E-state index is 0.130. The van der Waals surface area contributed by atoms with Crippen LogP contribution in [-0.2, 0) is 14.3 Å². The number of hydrogen-bond acceptors (Lipinski definition) is 4. The molecule has 0 saturated carbocycles. The van der Waals surface area contributed by atoms with Crippen molar-refractivity contribution in [2.24, 2.45) is 0 Å². The number of amides is 3. The third-order valence-electron chi connectivity index (χ3n) is 4.56. The maximum absolute atomic E-state index is 13.3. The van der Waals surface area contributed by atoms with E-state index in [1.807, 2.05) is 69.7 Å². The Balaban J connectivity index is 1.92. The van der Waals surface area contributed by atoms with Gasteiger partial charge in [0, 0.05) is 5.69 Å². The normalized spacial score (nSPS) is 18.1. The molecule has 0 N–H and O–H groups in total. The zero-order valence-corrected chi connectivity index (χ0v) is 17.1. The molecule has 1 aliphatic rings. The molecule has 0 bridgehead atoms. The first-order valence-electron chi connectivity index (χ1n) is 9.45. The Kier molecular flexibility index (Phi) is 5.70. The SMILES string of the molecule is CC(OC(=O)C[N+](C)(C)C)N1C(=O)C(c2ccccc2)N(c2ccccc2)C1=O. The number of ether oxygens (including phenoxy) is 1. The van der Waals surface area contributed by atoms with Crippen LogP contribution in [0.1, 0.15) is 18.5 Å². The fourth-order valence-electron chi connectivity index (χ4n) is 3.34. The predicted molar refractivity (Wildman–Crippen MR) is 109 cm³/mol. The molecule has 0 aliphatic carbocycles. The molecule has 1 fully saturated rings. The number of esters is 1. The first-order valence-corrected chi connectivity index (χ1v) is 9.45. The van der Waals surface area contributed by atoms with Crippen molar-refractivity contribution >= 4 is 23.6 Å². The van der Waals surface area contributed by atoms with Crippen LogP contribution in [-0.4, -0.2) is 61.2 Å². The maximum atomic E-state index is 13.3. The number of urea groups is 1. The molecule has 1 heterocycles. The monoisotopic (exact) mass is 396 g/mol. The van der Waals surface area contributed by atoms with E-state index in [0.717, 1.165) is 4.90 Å². The van der Waals surface area contributed by atoms with Crippen molar-refractivity contribution in [2.45, 2.75) is 19.2 Å². The summed E-state index contributed by atoms with van der Waals surface area (Å²) in [4.78, 5) is 41.2. The topological polar surface area (TPSA) is 66.9 Å². The summed E-state index contributed by atoms with van der Waals surface area (Å²) in [6, 6.07) is 16.8. The minimum Gasteiger partial charge on any atom is -0.437 e. The number of para-hydroxylation sites is 1. The van der Waals surface area contributed by atoms with E-state index in [0.29, 0.717) is 15.7 Å². The third-order valence-corrected chi connectivity index (χ3v) is 4.56. The number of nitrogens with zero attached hydrogens (tertiary/aromatic N) is 3. The van der Waals surface area contributed by atoms with Crippen molar-refractivity contribution in [3.05, 3.63) is 66.2 Å². The van der Waals surface area contributed by atoms with Gasteiger partial charge in [0.25, 0.3) is 5.91 Å². The van der Waals surface area contributed by atoms with Crippen molar-refractivity contribution in [2.75, 3.05) is 32.6 Å². The fourth-order valence-corrected chi connectivity index (χ4v) is 3.34. The molecular formula is C22H26N3O4+. The van der Waals surface area contributed by atoms with Crippen LogP contribution >= 0.6 is 0 Å². The zero-order chi connectivity index (χ0) is 21.2. The number of quaternary nitrogens is 1. The van der Waals surface area contributed by atoms with E-state index in [9.17, 15) is 14.4 Å². The van der Waals surface area contributed by atoms with Crippen molar-refractivity contribution in [1.29, 1.82) is 0 Å². The first-order chi connectivity index (χ1) is 13.7. The quantitative estimate of drug-likeness (QED) is 0.428. The van der Waals surface area contributed by atoms with Crippen molar-refractivity contribution in [3.63, 3.8) is 0 Å². The van der Waals surface area contributed by atoms with Gasteiger partial charge in [0.2, 0.25) is 0 Å². The Morgan fingerprint density at radius 3 is 2.10 bits per heavy atom. The minimum atomic E-state index is -1.01. The van der Waals surface area contributed by atoms with Gasteiger partial charge in [-0.25, -0.2) is 14.5 Å². The third kappa shape index (κ3) is 4.46. The summed E-state index contributed by atoms with van der Waals surface area (Å²) in [7, 11) is 5.59. The van der Waals surface area contributed by atoms with Crippen molar-refractivity contribution in [1.82, 2.24) is 4.90 Å². The summed E-state index contributed by atoms with van der Waals surface area (Å²) < 4.78 is 5.81. The van der Waals surface area contributed by atoms with Crippen LogP contribution in [0.5, 0.6) is 0 Å². The number of carbonyl (C=O) groups is 3. The number of hydrogen-bond donors (Lipinski definition) is 0. The van der Waals surface area contributed by atoms with Gasteiger partial charge in [0.1, 0.15) is 6.04 Å². The molecule has 0 aromatic heterocycles. The van der Waals surface area contributed by atoms with Crippen molar-refractivity contribution in [3.8, 4) is 0 Å². The molecule has 1 saturated heterocycles. The highest BCUT2D eigenvalue weighted by Gasteiger charge is 2.49. The largest absolute Gasteiger partial charge is 0.437 e. The van der Waals surface area contributed by atoms with Gasteiger partial charge in [-0.2, -0.15) is 0 Å². The lowest BCUT2D eigenvalue weighted by Crippen LogP contribution is -2.46. The molecule has 3 rings (SSSR count). The van der Waals surface area contributed by atoms with E-state index in [-0.39, 0.29) is 6.54 Å². The van der Waals surface area contributed by atoms with Gasteiger partial charge in [0.05, 0.1) is 21.1 Å². The smallest absolute Gasteiger partial charge is 0.363 e. The molecular weight excluding hydrogens is 370 g/mol. The standard InChI is InChI=1S/C22H26N3O4/c1-16(29-19(26)15-25(2,3)4)23-21(27)20(17-11-7-5-8-12-17)24(22(23)28)18-13-9-6-10-14-18/h5-14,16,20H,15H2,1-4H3/q+1. The van der Waals surface area contributed by atoms with E-state index in [1.165, 1.54) is 4.90 Å². The molecule has 2 aromatic carbocycles. The van der Waals surface area contributed by atoms with E-state index in [1.54, 1.807) is 19.1 Å². The second-order valence-corrected chi connectivity index (χ2v) is 8.05. The number of likely N-dealkylation sites (N-methyl/N-ethyl adjacent to an activating group) is 1. The van der Waals surface area contributed by atoms with E-state index >= 15 is 0 Å². The number of carbonyl (C=O) groups excluding carboxylic acids is 3. The molecule has 152 valence electrons. The molecule has 1 aliphatic heterocycles. The lowest BCUT2D eigenvalue weighted by atomic mass is 10.1. The van der Waals surface area contributed by atoms with E-state index in [2.05, 4.69) is 0 Å². The van der Waals surface area contributed by atoms with Crippen LogP contribution in [0.25, 0.3) is 0 Å². The maximum Gasteiger partial charge on any atom is 0.363 e. The number of rotatable bonds is 6. The summed E-state index contributed by atoms with van der Waals surface area (Å²) in [6.45, 7) is 1.67. The van der Waals surface area contributed by atoms with Gasteiger partial charge in [-0.3, -0.25) is 9.69 Å². The summed E-state index contributed by atoms with van der Waals surface area (Å²) in [5.41, 5.74) is 1.30. The highest BCUT2D eigenvalue weighted by atomic mass is 16.6. The van der Waals surface area contributed by atoms with Crippen LogP contribution in [0.15, 0.2) is 60.7 Å². The number of anilines is 1. The second-order valence-electron chi connectivity index (χ2n) is 8.05. The van der Waals surface area contributed by atoms with Gasteiger partial charge < -0.3 is 9.22 Å². The molecule has 2 aromatic rings. The summed E-state index contributed by atoms with van der Waals surface area (Å²) in [5.74, 6) is -0.893. The van der Waals surface area contributed by atoms with Gasteiger partial charge in [0.15, 0.2) is 12.8 Å². The summed E-state index contributed by atoms with van der Waals surface area (Å²) >= 11 is 0. The Hall–Kier alpha value is -3.19. The van der Waals surface area contributed by atoms with Crippen LogP contribution in [0, 0.1) is 0 Å². The second kappa shape index (κ2) is 8.05. The Bertz CT molecular complexity index is 836. The summed E-state index contributed by atoms with van der Waals surface area (Å²) in [6.07, 6.45) is -1.01. The Labute approximate surface area is 170 Å². The van der Waals surface area contributed by atoms with Gasteiger partial charge in [-0.15, -0.1) is 0 Å². The van der Waals surface area contributed by atoms with Gasteiger partial charge in [-0.05, 0) is 24.6 Å². The number of imide groups is 1. The van der Waals surface area contributed by atoms with Crippen LogP contribution < -0.4 is 4.90 Å². The highest BCUT2D eigenvalue weighted by molar-refractivity contribution is 6.14. The van der Waals surface area contributed by atoms with Gasteiger partial charge >= 0.3 is 12.0 Å². The van der Waals surface area contributed by atoms with Gasteiger partial charge in [-0.1, -0.05) is 48.5 Å². The zero-order valence-electron chi connectivity index (χ0n) is 17.1. The van der Waals surface area contributed by atoms with Crippen molar-refractivity contribution < 1.29 is 23.6 Å². The molecule has 29 heavy (non-hydrogen) atoms. The lowest BCUT2D eigenvalue weighted by molar-refractivity contribution is -0.862. The van der Waals surface area contributed by atoms with E-state index < -0.39 is 30.2 Å². The van der Waals surface area contributed by atoms with Crippen LogP contribution in [0.3, 0.4) is 0 Å². The molecule has 7 nitrogen and oxygen atoms in total. The first kappa shape index (κ1) is 20.5. The highest BCUT2D eigenvalue weighted by Crippen LogP contribution is 2.36. The molecule has 2 unspecified atom stereocenters. The number of benzene rings is 2. The van der Waals surface area contributed by atoms with E-state index in [4.69, 9.17) is 4.74 Å². The Morgan fingerprint density at radius 1 is 1.00 bits per heavy atom. The molecule has 0 spiro atoms. The average Bonchev–Trinajstić information content (AvgIpc) is 2.92. The molecule has 0 radical (unpaired) electrons. The fraction of sp³-hybridized carbons (Fsp3) is 0.318. The predicted octanol–water partition coefficient (Wildman–Crippen LogP) is 2.79. The Morgan fingerprint density at radius 2 is 1.55 bits per heavy atom. The summed E-state index contributed by atoms with van der Waals surface area (Å²) in [5, 5.41) is 0. The average molecular weight is 396 g/mol. The molecule has 2 atom stereocenters. The van der Waals surface area contributed by atoms with Crippen LogP contribution in [0.4, 0.5) is 10.5 Å². The lowest BCUT2D eigenvalue weighted by Gasteiger charge is -2.26. The molecule has 7 heteroatoms. The van der Waals surface area contributed by atoms with Crippen LogP contribution in [0.2, 0.25) is 0 Å². The molecule has 3 amide bonds.